The molecule has 0 bridgehead atoms. The molecule has 23 heavy (non-hydrogen) atoms. The van der Waals surface area contributed by atoms with E-state index in [1.54, 1.807) is 0 Å². The molecule has 1 aliphatic heterocycles. The Bertz CT molecular complexity index is 668. The van der Waals surface area contributed by atoms with Gasteiger partial charge in [-0.1, -0.05) is 25.1 Å². The zero-order valence-corrected chi connectivity index (χ0v) is 13.3. The van der Waals surface area contributed by atoms with Gasteiger partial charge in [0, 0.05) is 5.56 Å². The maximum absolute atomic E-state index is 12.2. The lowest BCUT2D eigenvalue weighted by Gasteiger charge is -2.18. The zero-order valence-electron chi connectivity index (χ0n) is 13.3. The van der Waals surface area contributed by atoms with Crippen LogP contribution in [0.5, 0.6) is 5.75 Å². The first-order valence-electron chi connectivity index (χ1n) is 8.05. The number of H-pyrrole nitrogens is 1. The minimum absolute atomic E-state index is 0.0262. The Balaban J connectivity index is 1.59. The highest BCUT2D eigenvalue weighted by Gasteiger charge is 2.20. The first kappa shape index (κ1) is 15.4. The number of para-hydroxylation sites is 1. The van der Waals surface area contributed by atoms with Gasteiger partial charge in [0.1, 0.15) is 5.75 Å². The van der Waals surface area contributed by atoms with Crippen molar-refractivity contribution in [2.24, 2.45) is 0 Å². The van der Waals surface area contributed by atoms with Crippen LogP contribution in [0.4, 0.5) is 4.79 Å². The van der Waals surface area contributed by atoms with E-state index in [0.717, 1.165) is 42.0 Å². The van der Waals surface area contributed by atoms with Gasteiger partial charge >= 0.3 is 6.03 Å². The van der Waals surface area contributed by atoms with Crippen molar-refractivity contribution >= 4 is 6.03 Å². The predicted octanol–water partition coefficient (Wildman–Crippen LogP) is 2.69. The second-order valence-electron chi connectivity index (χ2n) is 5.65. The topological polar surface area (TPSA) is 79.0 Å². The van der Waals surface area contributed by atoms with Crippen LogP contribution in [0.1, 0.15) is 42.8 Å². The molecule has 2 heterocycles. The molecule has 1 aliphatic rings. The van der Waals surface area contributed by atoms with Gasteiger partial charge in [0.2, 0.25) is 0 Å². The summed E-state index contributed by atoms with van der Waals surface area (Å²) in [6.45, 7) is 3.17. The Labute approximate surface area is 135 Å². The summed E-state index contributed by atoms with van der Waals surface area (Å²) in [7, 11) is 0. The Morgan fingerprint density at radius 1 is 1.43 bits per heavy atom. The number of benzene rings is 1. The molecule has 6 nitrogen and oxygen atoms in total. The van der Waals surface area contributed by atoms with Gasteiger partial charge in [0.05, 0.1) is 30.6 Å². The molecule has 0 spiro atoms. The largest absolute Gasteiger partial charge is 0.493 e. The Hall–Kier alpha value is -2.50. The smallest absolute Gasteiger partial charge is 0.315 e. The van der Waals surface area contributed by atoms with E-state index in [2.05, 4.69) is 20.8 Å². The summed E-state index contributed by atoms with van der Waals surface area (Å²) in [5.41, 5.74) is 2.94. The van der Waals surface area contributed by atoms with E-state index < -0.39 is 0 Å². The van der Waals surface area contributed by atoms with Crippen molar-refractivity contribution in [1.82, 2.24) is 20.8 Å². The van der Waals surface area contributed by atoms with Crippen molar-refractivity contribution in [3.63, 3.8) is 0 Å². The summed E-state index contributed by atoms with van der Waals surface area (Å²) in [4.78, 5) is 12.2. The number of rotatable bonds is 4. The van der Waals surface area contributed by atoms with Gasteiger partial charge in [-0.05, 0) is 31.4 Å². The van der Waals surface area contributed by atoms with Crippen molar-refractivity contribution in [2.75, 3.05) is 6.61 Å². The number of hydrogen-bond acceptors (Lipinski definition) is 3. The number of ether oxygens (including phenoxy) is 1. The number of carbonyl (C=O) groups is 1. The molecule has 2 amide bonds. The summed E-state index contributed by atoms with van der Waals surface area (Å²) in [5.74, 6) is 0.858. The number of nitrogens with zero attached hydrogens (tertiary/aromatic N) is 1. The maximum atomic E-state index is 12.2. The van der Waals surface area contributed by atoms with Gasteiger partial charge in [0.25, 0.3) is 0 Å². The first-order chi connectivity index (χ1) is 11.3. The summed E-state index contributed by atoms with van der Waals surface area (Å²) in [6, 6.07) is 9.63. The summed E-state index contributed by atoms with van der Waals surface area (Å²) >= 11 is 0. The normalized spacial score (nSPS) is 16.8. The molecule has 3 rings (SSSR count). The van der Waals surface area contributed by atoms with Crippen molar-refractivity contribution in [2.45, 2.75) is 38.8 Å². The van der Waals surface area contributed by atoms with Crippen molar-refractivity contribution in [3.05, 3.63) is 47.3 Å². The minimum Gasteiger partial charge on any atom is -0.493 e. The van der Waals surface area contributed by atoms with Crippen molar-refractivity contribution in [1.29, 1.82) is 0 Å². The van der Waals surface area contributed by atoms with E-state index >= 15 is 0 Å². The van der Waals surface area contributed by atoms with Gasteiger partial charge in [-0.3, -0.25) is 5.10 Å². The average molecular weight is 314 g/mol. The van der Waals surface area contributed by atoms with Crippen LogP contribution in [-0.2, 0) is 13.0 Å². The Morgan fingerprint density at radius 3 is 3.13 bits per heavy atom. The Morgan fingerprint density at radius 2 is 2.30 bits per heavy atom. The van der Waals surface area contributed by atoms with E-state index in [4.69, 9.17) is 4.74 Å². The SMILES string of the molecule is CCc1cc(CNC(=O)N[C@H]2CCCOc3ccccc32)[nH]n1. The third-order valence-electron chi connectivity index (χ3n) is 3.98. The molecule has 2 aromatic rings. The monoisotopic (exact) mass is 314 g/mol. The van der Waals surface area contributed by atoms with Crippen LogP contribution < -0.4 is 15.4 Å². The zero-order chi connectivity index (χ0) is 16.1. The molecule has 0 radical (unpaired) electrons. The lowest BCUT2D eigenvalue weighted by atomic mass is 10.0. The van der Waals surface area contributed by atoms with Crippen LogP contribution in [-0.4, -0.2) is 22.8 Å². The van der Waals surface area contributed by atoms with E-state index in [9.17, 15) is 4.79 Å². The van der Waals surface area contributed by atoms with Gasteiger partial charge in [-0.2, -0.15) is 5.10 Å². The average Bonchev–Trinajstić information content (AvgIpc) is 2.95. The number of carbonyl (C=O) groups excluding carboxylic acids is 1. The third kappa shape index (κ3) is 3.83. The predicted molar refractivity (Wildman–Crippen MR) is 87.2 cm³/mol. The fourth-order valence-corrected chi connectivity index (χ4v) is 2.74. The molecule has 6 heteroatoms. The number of nitrogens with one attached hydrogen (secondary N) is 3. The second kappa shape index (κ2) is 7.17. The Kier molecular flexibility index (Phi) is 4.80. The standard InChI is InChI=1S/C17H22N4O2/c1-2-12-10-13(21-20-12)11-18-17(22)19-15-7-5-9-23-16-8-4-3-6-14(15)16/h3-4,6,8,10,15H,2,5,7,9,11H2,1H3,(H,20,21)(H2,18,19,22)/t15-/m0/s1. The van der Waals surface area contributed by atoms with Crippen LogP contribution >= 0.6 is 0 Å². The summed E-state index contributed by atoms with van der Waals surface area (Å²) in [5, 5.41) is 13.0. The summed E-state index contributed by atoms with van der Waals surface area (Å²) in [6.07, 6.45) is 2.66. The molecule has 1 aromatic heterocycles. The van der Waals surface area contributed by atoms with Crippen LogP contribution in [0.15, 0.2) is 30.3 Å². The van der Waals surface area contributed by atoms with Crippen LogP contribution in [0, 0.1) is 0 Å². The van der Waals surface area contributed by atoms with E-state index in [1.807, 2.05) is 37.3 Å². The van der Waals surface area contributed by atoms with Crippen molar-refractivity contribution < 1.29 is 9.53 Å². The van der Waals surface area contributed by atoms with Crippen LogP contribution in [0.25, 0.3) is 0 Å². The lowest BCUT2D eigenvalue weighted by molar-refractivity contribution is 0.235. The molecule has 0 fully saturated rings. The highest BCUT2D eigenvalue weighted by atomic mass is 16.5. The summed E-state index contributed by atoms with van der Waals surface area (Å²) < 4.78 is 5.72. The molecule has 0 saturated heterocycles. The van der Waals surface area contributed by atoms with E-state index in [1.165, 1.54) is 0 Å². The highest BCUT2D eigenvalue weighted by Crippen LogP contribution is 2.30. The van der Waals surface area contributed by atoms with Crippen LogP contribution in [0.2, 0.25) is 0 Å². The molecule has 3 N–H and O–H groups in total. The van der Waals surface area contributed by atoms with E-state index in [0.29, 0.717) is 13.2 Å². The van der Waals surface area contributed by atoms with E-state index in [-0.39, 0.29) is 12.1 Å². The lowest BCUT2D eigenvalue weighted by Crippen LogP contribution is -2.37. The molecule has 0 unspecified atom stereocenters. The minimum atomic E-state index is -0.181. The van der Waals surface area contributed by atoms with Crippen LogP contribution in [0.3, 0.4) is 0 Å². The molecule has 1 aromatic carbocycles. The third-order valence-corrected chi connectivity index (χ3v) is 3.98. The molecular formula is C17H22N4O2. The number of aromatic amines is 1. The maximum Gasteiger partial charge on any atom is 0.315 e. The number of urea groups is 1. The molecule has 122 valence electrons. The van der Waals surface area contributed by atoms with Crippen molar-refractivity contribution in [3.8, 4) is 5.75 Å². The number of fused-ring (bicyclic) bond motifs is 1. The second-order valence-corrected chi connectivity index (χ2v) is 5.65. The number of hydrogen-bond donors (Lipinski definition) is 3. The van der Waals surface area contributed by atoms with Gasteiger partial charge in [0.15, 0.2) is 0 Å². The van der Waals surface area contributed by atoms with Gasteiger partial charge < -0.3 is 15.4 Å². The number of amides is 2. The molecule has 0 aliphatic carbocycles. The molecular weight excluding hydrogens is 292 g/mol. The fraction of sp³-hybridized carbons (Fsp3) is 0.412. The fourth-order valence-electron chi connectivity index (χ4n) is 2.74. The quantitative estimate of drug-likeness (QED) is 0.812. The van der Waals surface area contributed by atoms with Gasteiger partial charge in [-0.25, -0.2) is 4.79 Å². The molecule has 0 saturated carbocycles. The highest BCUT2D eigenvalue weighted by molar-refractivity contribution is 5.74. The first-order valence-corrected chi connectivity index (χ1v) is 8.05. The number of aromatic nitrogens is 2. The van der Waals surface area contributed by atoms with Gasteiger partial charge in [-0.15, -0.1) is 0 Å². The molecule has 1 atom stereocenters. The number of aryl methyl sites for hydroxylation is 1.